The molecule has 1 heterocycles. The molecule has 5 rings (SSSR count). The maximum atomic E-state index is 12.5. The summed E-state index contributed by atoms with van der Waals surface area (Å²) in [5, 5.41) is 5.73. The second-order valence-electron chi connectivity index (χ2n) is 9.97. The number of piperidine rings is 1. The first-order valence-electron chi connectivity index (χ1n) is 11.0. The van der Waals surface area contributed by atoms with Crippen molar-refractivity contribution in [3.05, 3.63) is 0 Å². The number of likely N-dealkylation sites (tertiary alicyclic amines) is 1. The van der Waals surface area contributed by atoms with Crippen molar-refractivity contribution in [2.45, 2.75) is 57.8 Å². The van der Waals surface area contributed by atoms with Crippen LogP contribution in [0.5, 0.6) is 0 Å². The van der Waals surface area contributed by atoms with E-state index in [1.807, 2.05) is 0 Å². The zero-order chi connectivity index (χ0) is 19.7. The van der Waals surface area contributed by atoms with E-state index in [9.17, 15) is 14.4 Å². The Morgan fingerprint density at radius 2 is 1.61 bits per heavy atom. The van der Waals surface area contributed by atoms with Gasteiger partial charge < -0.3 is 21.3 Å². The van der Waals surface area contributed by atoms with Gasteiger partial charge in [-0.2, -0.15) is 0 Å². The fourth-order valence-corrected chi connectivity index (χ4v) is 6.84. The molecule has 4 bridgehead atoms. The normalized spacial score (nSPS) is 36.2. The third kappa shape index (κ3) is 4.44. The molecule has 5 fully saturated rings. The molecular formula is C21H34N4O3. The molecule has 1 saturated heterocycles. The van der Waals surface area contributed by atoms with E-state index in [2.05, 4.69) is 10.6 Å². The fourth-order valence-electron chi connectivity index (χ4n) is 6.84. The van der Waals surface area contributed by atoms with Gasteiger partial charge in [-0.1, -0.05) is 0 Å². The van der Waals surface area contributed by atoms with Crippen LogP contribution in [0, 0.1) is 29.1 Å². The lowest BCUT2D eigenvalue weighted by molar-refractivity contribution is -0.132. The van der Waals surface area contributed by atoms with E-state index in [0.717, 1.165) is 30.6 Å². The minimum atomic E-state index is -0.395. The first-order chi connectivity index (χ1) is 13.4. The number of hydrogen-bond acceptors (Lipinski definition) is 3. The Morgan fingerprint density at radius 1 is 0.964 bits per heavy atom. The average Bonchev–Trinajstić information content (AvgIpc) is 2.63. The van der Waals surface area contributed by atoms with Crippen LogP contribution < -0.4 is 16.4 Å². The lowest BCUT2D eigenvalue weighted by Crippen LogP contribution is -2.49. The van der Waals surface area contributed by atoms with Crippen LogP contribution in [0.25, 0.3) is 0 Å². The molecular weight excluding hydrogens is 356 g/mol. The number of carbonyl (C=O) groups is 3. The standard InChI is InChI=1S/C21H34N4O3/c22-20(28)25-3-1-2-14(13-25)11-23-19(27)12-24-18(26)10-21-7-15-4-16(8-21)6-17(5-15)9-21/h14-17H,1-13H2,(H2,22,28)(H,23,27)(H,24,26). The molecule has 0 radical (unpaired) electrons. The van der Waals surface area contributed by atoms with E-state index in [0.29, 0.717) is 26.1 Å². The van der Waals surface area contributed by atoms with E-state index in [4.69, 9.17) is 5.73 Å². The van der Waals surface area contributed by atoms with Crippen molar-refractivity contribution in [1.82, 2.24) is 15.5 Å². The zero-order valence-corrected chi connectivity index (χ0v) is 16.8. The first kappa shape index (κ1) is 19.5. The fraction of sp³-hybridized carbons (Fsp3) is 0.857. The summed E-state index contributed by atoms with van der Waals surface area (Å²) < 4.78 is 0. The molecule has 7 nitrogen and oxygen atoms in total. The van der Waals surface area contributed by atoms with Gasteiger partial charge >= 0.3 is 6.03 Å². The van der Waals surface area contributed by atoms with Crippen LogP contribution in [0.2, 0.25) is 0 Å². The maximum absolute atomic E-state index is 12.5. The van der Waals surface area contributed by atoms with Crippen molar-refractivity contribution in [2.24, 2.45) is 34.8 Å². The molecule has 4 N–H and O–H groups in total. The summed E-state index contributed by atoms with van der Waals surface area (Å²) >= 11 is 0. The Bertz CT molecular complexity index is 600. The molecule has 0 aromatic carbocycles. The second kappa shape index (κ2) is 7.91. The largest absolute Gasteiger partial charge is 0.354 e. The number of urea groups is 1. The lowest BCUT2D eigenvalue weighted by atomic mass is 9.49. The number of nitrogens with zero attached hydrogens (tertiary/aromatic N) is 1. The summed E-state index contributed by atoms with van der Waals surface area (Å²) in [7, 11) is 0. The smallest absolute Gasteiger partial charge is 0.314 e. The van der Waals surface area contributed by atoms with Crippen LogP contribution in [-0.4, -0.2) is 48.9 Å². The molecule has 1 atom stereocenters. The molecule has 0 spiro atoms. The number of primary amides is 1. The Morgan fingerprint density at radius 3 is 2.21 bits per heavy atom. The molecule has 7 heteroatoms. The summed E-state index contributed by atoms with van der Waals surface area (Å²) in [6, 6.07) is -0.395. The number of hydrogen-bond donors (Lipinski definition) is 3. The van der Waals surface area contributed by atoms with Crippen LogP contribution in [0.1, 0.15) is 57.8 Å². The van der Waals surface area contributed by atoms with Gasteiger partial charge in [-0.05, 0) is 80.5 Å². The van der Waals surface area contributed by atoms with Gasteiger partial charge in [0.15, 0.2) is 0 Å². The minimum absolute atomic E-state index is 0.0228. The highest BCUT2D eigenvalue weighted by Gasteiger charge is 2.51. The van der Waals surface area contributed by atoms with Crippen LogP contribution in [-0.2, 0) is 9.59 Å². The molecule has 0 aromatic heterocycles. The predicted octanol–water partition coefficient (Wildman–Crippen LogP) is 1.62. The Labute approximate surface area is 167 Å². The topological polar surface area (TPSA) is 105 Å². The molecule has 4 aliphatic carbocycles. The molecule has 4 amide bonds. The van der Waals surface area contributed by atoms with Gasteiger partial charge in [-0.25, -0.2) is 4.79 Å². The SMILES string of the molecule is NC(=O)N1CCCC(CNC(=O)CNC(=O)CC23CC4CC(CC(C4)C2)C3)C1. The molecule has 0 aromatic rings. The highest BCUT2D eigenvalue weighted by atomic mass is 16.2. The van der Waals surface area contributed by atoms with Gasteiger partial charge in [0.25, 0.3) is 0 Å². The summed E-state index contributed by atoms with van der Waals surface area (Å²) in [6.45, 7) is 1.85. The molecule has 4 saturated carbocycles. The van der Waals surface area contributed by atoms with Gasteiger partial charge in [-0.15, -0.1) is 0 Å². The number of nitrogens with one attached hydrogen (secondary N) is 2. The van der Waals surface area contributed by atoms with Gasteiger partial charge in [0.05, 0.1) is 6.54 Å². The average molecular weight is 391 g/mol. The van der Waals surface area contributed by atoms with Crippen molar-refractivity contribution in [3.8, 4) is 0 Å². The summed E-state index contributed by atoms with van der Waals surface area (Å²) in [4.78, 5) is 37.6. The van der Waals surface area contributed by atoms with Crippen molar-refractivity contribution >= 4 is 17.8 Å². The van der Waals surface area contributed by atoms with Gasteiger partial charge in [0.1, 0.15) is 0 Å². The van der Waals surface area contributed by atoms with Gasteiger partial charge in [0.2, 0.25) is 11.8 Å². The Balaban J connectivity index is 1.17. The van der Waals surface area contributed by atoms with Gasteiger partial charge in [0, 0.05) is 26.1 Å². The monoisotopic (exact) mass is 390 g/mol. The zero-order valence-electron chi connectivity index (χ0n) is 16.8. The quantitative estimate of drug-likeness (QED) is 0.642. The maximum Gasteiger partial charge on any atom is 0.314 e. The second-order valence-corrected chi connectivity index (χ2v) is 9.97. The van der Waals surface area contributed by atoms with E-state index in [1.165, 1.54) is 38.5 Å². The van der Waals surface area contributed by atoms with Crippen molar-refractivity contribution in [3.63, 3.8) is 0 Å². The van der Waals surface area contributed by atoms with Crippen LogP contribution in [0.15, 0.2) is 0 Å². The van der Waals surface area contributed by atoms with E-state index >= 15 is 0 Å². The lowest BCUT2D eigenvalue weighted by Gasteiger charge is -2.56. The molecule has 1 aliphatic heterocycles. The van der Waals surface area contributed by atoms with E-state index in [-0.39, 0.29) is 29.7 Å². The molecule has 28 heavy (non-hydrogen) atoms. The third-order valence-corrected chi connectivity index (χ3v) is 7.57. The van der Waals surface area contributed by atoms with E-state index in [1.54, 1.807) is 4.90 Å². The number of nitrogens with two attached hydrogens (primary N) is 1. The Hall–Kier alpha value is -1.79. The van der Waals surface area contributed by atoms with Crippen molar-refractivity contribution < 1.29 is 14.4 Å². The van der Waals surface area contributed by atoms with Gasteiger partial charge in [-0.3, -0.25) is 9.59 Å². The number of rotatable bonds is 6. The molecule has 1 unspecified atom stereocenters. The van der Waals surface area contributed by atoms with Crippen molar-refractivity contribution in [2.75, 3.05) is 26.2 Å². The molecule has 156 valence electrons. The minimum Gasteiger partial charge on any atom is -0.354 e. The highest BCUT2D eigenvalue weighted by Crippen LogP contribution is 2.61. The number of carbonyl (C=O) groups excluding carboxylic acids is 3. The van der Waals surface area contributed by atoms with E-state index < -0.39 is 6.03 Å². The third-order valence-electron chi connectivity index (χ3n) is 7.57. The first-order valence-corrected chi connectivity index (χ1v) is 11.0. The summed E-state index contributed by atoms with van der Waals surface area (Å²) in [5.74, 6) is 2.59. The molecule has 5 aliphatic rings. The predicted molar refractivity (Wildman–Crippen MR) is 105 cm³/mol. The Kier molecular flexibility index (Phi) is 5.52. The van der Waals surface area contributed by atoms with Crippen LogP contribution >= 0.6 is 0 Å². The summed E-state index contributed by atoms with van der Waals surface area (Å²) in [5.41, 5.74) is 5.55. The van der Waals surface area contributed by atoms with Crippen molar-refractivity contribution in [1.29, 1.82) is 0 Å². The highest BCUT2D eigenvalue weighted by molar-refractivity contribution is 5.85. The summed E-state index contributed by atoms with van der Waals surface area (Å²) in [6.07, 6.45) is 10.2. The number of amides is 4. The van der Waals surface area contributed by atoms with Crippen LogP contribution in [0.4, 0.5) is 4.79 Å². The van der Waals surface area contributed by atoms with Crippen LogP contribution in [0.3, 0.4) is 0 Å².